The van der Waals surface area contributed by atoms with Crippen LogP contribution in [0.25, 0.3) is 11.3 Å². The second-order valence-corrected chi connectivity index (χ2v) is 3.32. The standard InChI is InChI=1S/C8H5IN2O/c9-8-5-7(11-12-8)6-1-3-10-4-2-6/h1-5H. The van der Waals surface area contributed by atoms with Crippen LogP contribution in [-0.4, -0.2) is 10.1 Å². The summed E-state index contributed by atoms with van der Waals surface area (Å²) in [5.41, 5.74) is 1.87. The molecule has 2 aromatic heterocycles. The average Bonchev–Trinajstić information content (AvgIpc) is 2.54. The summed E-state index contributed by atoms with van der Waals surface area (Å²) in [7, 11) is 0. The molecule has 0 unspecified atom stereocenters. The molecule has 0 radical (unpaired) electrons. The van der Waals surface area contributed by atoms with Crippen molar-refractivity contribution in [3.05, 3.63) is 34.4 Å². The molecule has 0 bridgehead atoms. The summed E-state index contributed by atoms with van der Waals surface area (Å²) in [5, 5.41) is 3.88. The minimum Gasteiger partial charge on any atom is -0.350 e. The second kappa shape index (κ2) is 3.22. The van der Waals surface area contributed by atoms with E-state index in [0.29, 0.717) is 0 Å². The van der Waals surface area contributed by atoms with Gasteiger partial charge in [0.05, 0.1) is 0 Å². The maximum atomic E-state index is 4.94. The van der Waals surface area contributed by atoms with Gasteiger partial charge in [-0.3, -0.25) is 4.98 Å². The van der Waals surface area contributed by atoms with Gasteiger partial charge in [-0.1, -0.05) is 5.16 Å². The zero-order valence-corrected chi connectivity index (χ0v) is 8.22. The van der Waals surface area contributed by atoms with Crippen LogP contribution in [0.3, 0.4) is 0 Å². The van der Waals surface area contributed by atoms with Gasteiger partial charge in [-0.15, -0.1) is 0 Å². The highest BCUT2D eigenvalue weighted by Crippen LogP contribution is 2.18. The highest BCUT2D eigenvalue weighted by molar-refractivity contribution is 14.1. The van der Waals surface area contributed by atoms with Crippen LogP contribution < -0.4 is 0 Å². The van der Waals surface area contributed by atoms with Crippen molar-refractivity contribution in [2.24, 2.45) is 0 Å². The molecule has 0 aromatic carbocycles. The lowest BCUT2D eigenvalue weighted by molar-refractivity contribution is 0.400. The number of hydrogen-bond acceptors (Lipinski definition) is 3. The Morgan fingerprint density at radius 3 is 2.58 bits per heavy atom. The Hall–Kier alpha value is -0.910. The topological polar surface area (TPSA) is 38.9 Å². The maximum absolute atomic E-state index is 4.94. The van der Waals surface area contributed by atoms with Gasteiger partial charge in [0.1, 0.15) is 5.69 Å². The molecule has 2 heterocycles. The van der Waals surface area contributed by atoms with Crippen LogP contribution >= 0.6 is 22.6 Å². The molecule has 0 saturated heterocycles. The molecule has 0 aliphatic carbocycles. The molecule has 0 N–H and O–H groups in total. The Balaban J connectivity index is 2.45. The van der Waals surface area contributed by atoms with E-state index >= 15 is 0 Å². The van der Waals surface area contributed by atoms with Crippen LogP contribution in [0.5, 0.6) is 0 Å². The van der Waals surface area contributed by atoms with Gasteiger partial charge in [-0.05, 0) is 12.1 Å². The molecule has 0 aliphatic heterocycles. The van der Waals surface area contributed by atoms with Crippen LogP contribution in [-0.2, 0) is 0 Å². The number of rotatable bonds is 1. The molecule has 0 fully saturated rings. The van der Waals surface area contributed by atoms with Gasteiger partial charge in [-0.25, -0.2) is 0 Å². The Kier molecular flexibility index (Phi) is 2.07. The Morgan fingerprint density at radius 1 is 1.25 bits per heavy atom. The minimum absolute atomic E-state index is 0.791. The molecule has 0 saturated carbocycles. The molecule has 4 heteroatoms. The third-order valence-corrected chi connectivity index (χ3v) is 1.97. The minimum atomic E-state index is 0.791. The van der Waals surface area contributed by atoms with Gasteiger partial charge >= 0.3 is 0 Å². The van der Waals surface area contributed by atoms with Gasteiger partial charge in [0.25, 0.3) is 0 Å². The van der Waals surface area contributed by atoms with Gasteiger partial charge in [0.15, 0.2) is 3.77 Å². The van der Waals surface area contributed by atoms with E-state index in [2.05, 4.69) is 32.7 Å². The molecule has 0 atom stereocenters. The van der Waals surface area contributed by atoms with Crippen LogP contribution in [0.2, 0.25) is 0 Å². The predicted octanol–water partition coefficient (Wildman–Crippen LogP) is 2.34. The molecular weight excluding hydrogens is 267 g/mol. The molecule has 60 valence electrons. The largest absolute Gasteiger partial charge is 0.350 e. The van der Waals surface area contributed by atoms with Crippen molar-refractivity contribution in [2.45, 2.75) is 0 Å². The summed E-state index contributed by atoms with van der Waals surface area (Å²) < 4.78 is 5.73. The molecule has 0 spiro atoms. The first-order valence-electron chi connectivity index (χ1n) is 3.39. The molecular formula is C8H5IN2O. The van der Waals surface area contributed by atoms with E-state index in [4.69, 9.17) is 4.52 Å². The fraction of sp³-hybridized carbons (Fsp3) is 0. The lowest BCUT2D eigenvalue weighted by Crippen LogP contribution is -1.76. The molecule has 2 aromatic rings. The zero-order chi connectivity index (χ0) is 8.39. The molecule has 2 rings (SSSR count). The summed E-state index contributed by atoms with van der Waals surface area (Å²) in [5.74, 6) is 0. The summed E-state index contributed by atoms with van der Waals surface area (Å²) in [4.78, 5) is 3.92. The summed E-state index contributed by atoms with van der Waals surface area (Å²) in [6.45, 7) is 0. The van der Waals surface area contributed by atoms with Crippen molar-refractivity contribution in [1.29, 1.82) is 0 Å². The van der Waals surface area contributed by atoms with Crippen molar-refractivity contribution in [3.63, 3.8) is 0 Å². The smallest absolute Gasteiger partial charge is 0.196 e. The first-order valence-corrected chi connectivity index (χ1v) is 4.47. The van der Waals surface area contributed by atoms with Gasteiger partial charge in [0.2, 0.25) is 0 Å². The number of hydrogen-bond donors (Lipinski definition) is 0. The first-order chi connectivity index (χ1) is 5.86. The highest BCUT2D eigenvalue weighted by atomic mass is 127. The fourth-order valence-corrected chi connectivity index (χ4v) is 1.31. The molecule has 12 heavy (non-hydrogen) atoms. The summed E-state index contributed by atoms with van der Waals surface area (Å²) >= 11 is 2.08. The zero-order valence-electron chi connectivity index (χ0n) is 6.07. The van der Waals surface area contributed by atoms with Crippen molar-refractivity contribution in [3.8, 4) is 11.3 Å². The Bertz CT molecular complexity index is 372. The number of nitrogens with zero attached hydrogens (tertiary/aromatic N) is 2. The van der Waals surface area contributed by atoms with Crippen molar-refractivity contribution in [1.82, 2.24) is 10.1 Å². The van der Waals surface area contributed by atoms with E-state index in [1.54, 1.807) is 12.4 Å². The molecule has 0 aliphatic rings. The third kappa shape index (κ3) is 1.47. The Labute approximate surface area is 82.9 Å². The van der Waals surface area contributed by atoms with Gasteiger partial charge < -0.3 is 4.52 Å². The van der Waals surface area contributed by atoms with E-state index in [0.717, 1.165) is 15.0 Å². The first kappa shape index (κ1) is 7.72. The second-order valence-electron chi connectivity index (χ2n) is 2.25. The lowest BCUT2D eigenvalue weighted by atomic mass is 10.2. The summed E-state index contributed by atoms with van der Waals surface area (Å²) in [6, 6.07) is 5.68. The quantitative estimate of drug-likeness (QED) is 0.748. The number of pyridine rings is 1. The SMILES string of the molecule is Ic1cc(-c2ccncc2)no1. The maximum Gasteiger partial charge on any atom is 0.196 e. The molecule has 0 amide bonds. The van der Waals surface area contributed by atoms with Crippen LogP contribution in [0.4, 0.5) is 0 Å². The van der Waals surface area contributed by atoms with Crippen molar-refractivity contribution in [2.75, 3.05) is 0 Å². The fourth-order valence-electron chi connectivity index (χ4n) is 0.912. The number of aromatic nitrogens is 2. The lowest BCUT2D eigenvalue weighted by Gasteiger charge is -1.90. The monoisotopic (exact) mass is 272 g/mol. The van der Waals surface area contributed by atoms with E-state index in [9.17, 15) is 0 Å². The van der Waals surface area contributed by atoms with Crippen LogP contribution in [0, 0.1) is 3.77 Å². The van der Waals surface area contributed by atoms with E-state index in [-0.39, 0.29) is 0 Å². The van der Waals surface area contributed by atoms with Gasteiger partial charge in [-0.2, -0.15) is 0 Å². The predicted molar refractivity (Wildman–Crippen MR) is 52.5 cm³/mol. The van der Waals surface area contributed by atoms with E-state index < -0.39 is 0 Å². The van der Waals surface area contributed by atoms with Crippen LogP contribution in [0.1, 0.15) is 0 Å². The van der Waals surface area contributed by atoms with Crippen molar-refractivity contribution < 1.29 is 4.52 Å². The van der Waals surface area contributed by atoms with E-state index in [1.807, 2.05) is 18.2 Å². The van der Waals surface area contributed by atoms with Crippen molar-refractivity contribution >= 4 is 22.6 Å². The highest BCUT2D eigenvalue weighted by Gasteiger charge is 2.02. The molecule has 3 nitrogen and oxygen atoms in total. The summed E-state index contributed by atoms with van der Waals surface area (Å²) in [6.07, 6.45) is 3.47. The van der Waals surface area contributed by atoms with Crippen LogP contribution in [0.15, 0.2) is 35.1 Å². The van der Waals surface area contributed by atoms with Gasteiger partial charge in [0, 0.05) is 46.6 Å². The number of halogens is 1. The normalized spacial score (nSPS) is 10.1. The third-order valence-electron chi connectivity index (χ3n) is 1.46. The van der Waals surface area contributed by atoms with E-state index in [1.165, 1.54) is 0 Å². The Morgan fingerprint density at radius 2 is 2.00 bits per heavy atom. The average molecular weight is 272 g/mol.